The molecule has 2 aliphatic rings. The molecule has 0 N–H and O–H groups in total. The van der Waals surface area contributed by atoms with Crippen LogP contribution in [0.25, 0.3) is 0 Å². The topological polar surface area (TPSA) is 42.9 Å². The van der Waals surface area contributed by atoms with E-state index in [-0.39, 0.29) is 5.41 Å². The van der Waals surface area contributed by atoms with Crippen molar-refractivity contribution in [3.05, 3.63) is 24.0 Å². The average molecular weight is 206 g/mol. The number of rotatable bonds is 1. The molecule has 78 valence electrons. The van der Waals surface area contributed by atoms with E-state index >= 15 is 0 Å². The molecule has 1 aromatic rings. The Balaban J connectivity index is 1.90. The lowest BCUT2D eigenvalue weighted by atomic mass is 9.87. The van der Waals surface area contributed by atoms with E-state index in [2.05, 4.69) is 9.97 Å². The Kier molecular flexibility index (Phi) is 1.69. The maximum Gasteiger partial charge on any atom is 0.159 e. The number of ketones is 1. The fourth-order valence-electron chi connectivity index (χ4n) is 2.65. The molecule has 0 aliphatic heterocycles. The van der Waals surface area contributed by atoms with Gasteiger partial charge >= 0.3 is 0 Å². The molecule has 2 fully saturated rings. The number of Topliss-reactive ketones (excluding diaryl/α,β-unsaturated/α-hetero) is 1. The Hall–Kier alpha value is -1.32. The summed E-state index contributed by atoms with van der Waals surface area (Å²) >= 11 is 0. The minimum absolute atomic E-state index is 0.00160. The molecule has 15 heavy (non-hydrogen) atoms. The van der Waals surface area contributed by atoms with Crippen LogP contribution in [0.15, 0.2) is 12.4 Å². The fourth-order valence-corrected chi connectivity index (χ4v) is 2.65. The highest BCUT2D eigenvalue weighted by Crippen LogP contribution is 2.60. The molecule has 4 heteroatoms. The summed E-state index contributed by atoms with van der Waals surface area (Å²) in [5, 5.41) is 0. The van der Waals surface area contributed by atoms with E-state index in [1.165, 1.54) is 12.4 Å². The number of hydrogen-bond donors (Lipinski definition) is 0. The molecule has 0 amide bonds. The van der Waals surface area contributed by atoms with Crippen LogP contribution in [0.2, 0.25) is 0 Å². The van der Waals surface area contributed by atoms with Gasteiger partial charge in [0.25, 0.3) is 0 Å². The Bertz CT molecular complexity index is 417. The molecule has 0 spiro atoms. The van der Waals surface area contributed by atoms with Gasteiger partial charge in [0.05, 0.1) is 12.4 Å². The lowest BCUT2D eigenvalue weighted by Crippen LogP contribution is -2.22. The molecular weight excluding hydrogens is 195 g/mol. The van der Waals surface area contributed by atoms with Crippen molar-refractivity contribution in [3.8, 4) is 0 Å². The predicted octanol–water partition coefficient (Wildman–Crippen LogP) is 1.63. The highest BCUT2D eigenvalue weighted by Gasteiger charge is 2.59. The molecule has 0 aromatic carbocycles. The first kappa shape index (κ1) is 8.95. The largest absolute Gasteiger partial charge is 0.300 e. The maximum absolute atomic E-state index is 12.7. The van der Waals surface area contributed by atoms with Crippen LogP contribution < -0.4 is 0 Å². The second-order valence-corrected chi connectivity index (χ2v) is 4.52. The molecule has 1 aromatic heterocycles. The van der Waals surface area contributed by atoms with Crippen molar-refractivity contribution in [2.24, 2.45) is 5.92 Å². The van der Waals surface area contributed by atoms with Gasteiger partial charge in [0, 0.05) is 18.3 Å². The molecule has 3 nitrogen and oxygen atoms in total. The van der Waals surface area contributed by atoms with Crippen molar-refractivity contribution in [3.63, 3.8) is 0 Å². The molecule has 2 atom stereocenters. The SMILES string of the molecule is O=C1CC[C@]2(c3ncc(F)cn3)C[C@@H]2C1. The van der Waals surface area contributed by atoms with Crippen molar-refractivity contribution in [2.45, 2.75) is 31.1 Å². The Morgan fingerprint density at radius 2 is 2.13 bits per heavy atom. The van der Waals surface area contributed by atoms with Crippen LogP contribution in [0.4, 0.5) is 4.39 Å². The standard InChI is InChI=1S/C11H11FN2O/c12-8-5-13-10(14-6-8)11-2-1-9(15)3-7(11)4-11/h5-7H,1-4H2/t7-,11-/m0/s1. The predicted molar refractivity (Wildman–Crippen MR) is 50.6 cm³/mol. The first-order valence-corrected chi connectivity index (χ1v) is 5.20. The lowest BCUT2D eigenvalue weighted by Gasteiger charge is -2.19. The van der Waals surface area contributed by atoms with Gasteiger partial charge in [-0.15, -0.1) is 0 Å². The molecule has 0 bridgehead atoms. The van der Waals surface area contributed by atoms with Crippen molar-refractivity contribution >= 4 is 5.78 Å². The maximum atomic E-state index is 12.7. The third-order valence-electron chi connectivity index (χ3n) is 3.62. The van der Waals surface area contributed by atoms with Gasteiger partial charge in [-0.1, -0.05) is 0 Å². The van der Waals surface area contributed by atoms with Crippen molar-refractivity contribution in [2.75, 3.05) is 0 Å². The minimum atomic E-state index is -0.403. The van der Waals surface area contributed by atoms with E-state index in [0.717, 1.165) is 18.7 Å². The number of nitrogens with zero attached hydrogens (tertiary/aromatic N) is 2. The van der Waals surface area contributed by atoms with E-state index in [0.29, 0.717) is 24.5 Å². The van der Waals surface area contributed by atoms with Crippen LogP contribution in [0.3, 0.4) is 0 Å². The number of carbonyl (C=O) groups is 1. The fraction of sp³-hybridized carbons (Fsp3) is 0.545. The van der Waals surface area contributed by atoms with Gasteiger partial charge < -0.3 is 0 Å². The molecule has 0 radical (unpaired) electrons. The summed E-state index contributed by atoms with van der Waals surface area (Å²) < 4.78 is 12.7. The number of hydrogen-bond acceptors (Lipinski definition) is 3. The smallest absolute Gasteiger partial charge is 0.159 e. The van der Waals surface area contributed by atoms with Gasteiger partial charge in [-0.05, 0) is 18.8 Å². The lowest BCUT2D eigenvalue weighted by molar-refractivity contribution is -0.120. The molecule has 0 saturated heterocycles. The zero-order chi connectivity index (χ0) is 10.5. The molecule has 0 unspecified atom stereocenters. The van der Waals surface area contributed by atoms with E-state index < -0.39 is 5.82 Å². The zero-order valence-electron chi connectivity index (χ0n) is 8.24. The van der Waals surface area contributed by atoms with Gasteiger partial charge in [-0.25, -0.2) is 14.4 Å². The highest BCUT2D eigenvalue weighted by molar-refractivity contribution is 5.81. The van der Waals surface area contributed by atoms with Gasteiger partial charge in [0.1, 0.15) is 11.6 Å². The molecule has 3 rings (SSSR count). The quantitative estimate of drug-likeness (QED) is 0.701. The van der Waals surface area contributed by atoms with Crippen LogP contribution in [-0.4, -0.2) is 15.8 Å². The summed E-state index contributed by atoms with van der Waals surface area (Å²) in [7, 11) is 0. The Morgan fingerprint density at radius 1 is 1.40 bits per heavy atom. The average Bonchev–Trinajstić information content (AvgIpc) is 2.93. The monoisotopic (exact) mass is 206 g/mol. The second-order valence-electron chi connectivity index (χ2n) is 4.52. The van der Waals surface area contributed by atoms with Crippen LogP contribution in [-0.2, 0) is 10.2 Å². The van der Waals surface area contributed by atoms with Crippen LogP contribution in [0.5, 0.6) is 0 Å². The number of carbonyl (C=O) groups excluding carboxylic acids is 1. The minimum Gasteiger partial charge on any atom is -0.300 e. The Labute approximate surface area is 86.7 Å². The van der Waals surface area contributed by atoms with Gasteiger partial charge in [0.2, 0.25) is 0 Å². The van der Waals surface area contributed by atoms with E-state index in [4.69, 9.17) is 0 Å². The normalized spacial score (nSPS) is 33.7. The van der Waals surface area contributed by atoms with Gasteiger partial charge in [-0.3, -0.25) is 4.79 Å². The summed E-state index contributed by atoms with van der Waals surface area (Å²) in [6.07, 6.45) is 5.52. The van der Waals surface area contributed by atoms with Gasteiger partial charge in [0.15, 0.2) is 5.82 Å². The second kappa shape index (κ2) is 2.84. The van der Waals surface area contributed by atoms with Crippen molar-refractivity contribution in [1.29, 1.82) is 0 Å². The first-order valence-electron chi connectivity index (χ1n) is 5.20. The molecule has 2 saturated carbocycles. The number of aromatic nitrogens is 2. The van der Waals surface area contributed by atoms with Crippen LogP contribution in [0, 0.1) is 11.7 Å². The summed E-state index contributed by atoms with van der Waals surface area (Å²) in [6.45, 7) is 0. The molecule has 1 heterocycles. The van der Waals surface area contributed by atoms with E-state index in [1.54, 1.807) is 0 Å². The van der Waals surface area contributed by atoms with Crippen molar-refractivity contribution in [1.82, 2.24) is 9.97 Å². The van der Waals surface area contributed by atoms with E-state index in [1.807, 2.05) is 0 Å². The summed E-state index contributed by atoms with van der Waals surface area (Å²) in [6, 6.07) is 0. The molecule has 2 aliphatic carbocycles. The van der Waals surface area contributed by atoms with Gasteiger partial charge in [-0.2, -0.15) is 0 Å². The summed E-state index contributed by atoms with van der Waals surface area (Å²) in [5.41, 5.74) is 0.00160. The highest BCUT2D eigenvalue weighted by atomic mass is 19.1. The third kappa shape index (κ3) is 1.28. The summed E-state index contributed by atoms with van der Waals surface area (Å²) in [5.74, 6) is 1.07. The Morgan fingerprint density at radius 3 is 2.80 bits per heavy atom. The first-order chi connectivity index (χ1) is 7.21. The van der Waals surface area contributed by atoms with Crippen LogP contribution >= 0.6 is 0 Å². The van der Waals surface area contributed by atoms with Crippen LogP contribution in [0.1, 0.15) is 31.5 Å². The third-order valence-corrected chi connectivity index (χ3v) is 3.62. The zero-order valence-corrected chi connectivity index (χ0v) is 8.24. The number of halogens is 1. The van der Waals surface area contributed by atoms with Crippen molar-refractivity contribution < 1.29 is 9.18 Å². The number of fused-ring (bicyclic) bond motifs is 1. The molecular formula is C11H11FN2O. The summed E-state index contributed by atoms with van der Waals surface area (Å²) in [4.78, 5) is 19.3. The van der Waals surface area contributed by atoms with E-state index in [9.17, 15) is 9.18 Å².